The largest absolute Gasteiger partial charge is 0.233 e. The summed E-state index contributed by atoms with van der Waals surface area (Å²) in [5, 5.41) is 0. The summed E-state index contributed by atoms with van der Waals surface area (Å²) in [4.78, 5) is 10.5. The van der Waals surface area contributed by atoms with Gasteiger partial charge >= 0.3 is 0 Å². The first-order chi connectivity index (χ1) is 5.74. The smallest absolute Gasteiger partial charge is 0.0927 e. The van der Waals surface area contributed by atoms with Crippen molar-refractivity contribution in [2.45, 2.75) is 65.6 Å². The van der Waals surface area contributed by atoms with Gasteiger partial charge in [0.25, 0.3) is 0 Å². The van der Waals surface area contributed by atoms with Gasteiger partial charge < -0.3 is 0 Å². The molecule has 0 aliphatic carbocycles. The highest BCUT2D eigenvalue weighted by molar-refractivity contribution is 4.51. The highest BCUT2D eigenvalue weighted by Crippen LogP contribution is 2.08. The molecule has 0 radical (unpaired) electrons. The first kappa shape index (κ1) is 11.9. The van der Waals surface area contributed by atoms with Gasteiger partial charge in [0, 0.05) is 0 Å². The molecule has 0 N–H and O–H groups in total. The minimum Gasteiger partial charge on any atom is -0.233 e. The Morgan fingerprint density at radius 1 is 1.00 bits per heavy atom. The predicted molar refractivity (Wildman–Crippen MR) is 50.9 cm³/mol. The maximum atomic E-state index is 5.28. The van der Waals surface area contributed by atoms with Crippen LogP contribution >= 0.6 is 0 Å². The van der Waals surface area contributed by atoms with Crippen LogP contribution in [0.1, 0.15) is 53.4 Å². The summed E-state index contributed by atoms with van der Waals surface area (Å²) in [7, 11) is 0. The Morgan fingerprint density at radius 2 is 1.67 bits per heavy atom. The molecule has 0 amide bonds. The third-order valence-electron chi connectivity index (χ3n) is 2.00. The van der Waals surface area contributed by atoms with Crippen LogP contribution in [0.3, 0.4) is 0 Å². The van der Waals surface area contributed by atoms with Gasteiger partial charge in [-0.2, -0.15) is 0 Å². The zero-order chi connectivity index (χ0) is 9.40. The van der Waals surface area contributed by atoms with E-state index in [2.05, 4.69) is 20.8 Å². The van der Waals surface area contributed by atoms with Gasteiger partial charge in [0.05, 0.1) is 12.2 Å². The molecule has 74 valence electrons. The van der Waals surface area contributed by atoms with Crippen molar-refractivity contribution in [3.63, 3.8) is 0 Å². The highest BCUT2D eigenvalue weighted by Gasteiger charge is 2.08. The summed E-state index contributed by atoms with van der Waals surface area (Å²) in [5.41, 5.74) is 0. The molecule has 12 heavy (non-hydrogen) atoms. The van der Waals surface area contributed by atoms with Crippen LogP contribution < -0.4 is 0 Å². The highest BCUT2D eigenvalue weighted by atomic mass is 17.2. The third kappa shape index (κ3) is 5.56. The Kier molecular flexibility index (Phi) is 7.51. The lowest BCUT2D eigenvalue weighted by molar-refractivity contribution is -0.349. The van der Waals surface area contributed by atoms with Gasteiger partial charge in [0.15, 0.2) is 0 Å². The molecule has 0 aliphatic rings. The molecule has 0 saturated heterocycles. The average molecular weight is 174 g/mol. The molecular weight excluding hydrogens is 152 g/mol. The van der Waals surface area contributed by atoms with E-state index in [1.807, 2.05) is 6.92 Å². The van der Waals surface area contributed by atoms with Gasteiger partial charge in [-0.3, -0.25) is 0 Å². The van der Waals surface area contributed by atoms with Gasteiger partial charge in [0.2, 0.25) is 0 Å². The Hall–Kier alpha value is -0.0800. The standard InChI is InChI=1S/C10H22O2/c1-5-8-10(7-3)12-11-9(4)6-2/h9-10H,5-8H2,1-4H3. The van der Waals surface area contributed by atoms with Crippen molar-refractivity contribution in [2.75, 3.05) is 0 Å². The van der Waals surface area contributed by atoms with E-state index in [4.69, 9.17) is 9.78 Å². The molecule has 0 heterocycles. The molecule has 2 nitrogen and oxygen atoms in total. The second-order valence-electron chi connectivity index (χ2n) is 3.23. The maximum absolute atomic E-state index is 5.28. The summed E-state index contributed by atoms with van der Waals surface area (Å²) in [6.45, 7) is 8.41. The minimum atomic E-state index is 0.218. The Labute approximate surface area is 76.2 Å². The summed E-state index contributed by atoms with van der Waals surface area (Å²) >= 11 is 0. The first-order valence-corrected chi connectivity index (χ1v) is 5.06. The van der Waals surface area contributed by atoms with E-state index in [1.54, 1.807) is 0 Å². The molecule has 0 aromatic heterocycles. The maximum Gasteiger partial charge on any atom is 0.0927 e. The van der Waals surface area contributed by atoms with Crippen molar-refractivity contribution in [2.24, 2.45) is 0 Å². The van der Waals surface area contributed by atoms with E-state index in [-0.39, 0.29) is 12.2 Å². The lowest BCUT2D eigenvalue weighted by atomic mass is 10.2. The summed E-state index contributed by atoms with van der Waals surface area (Å²) in [5.74, 6) is 0. The van der Waals surface area contributed by atoms with Gasteiger partial charge in [0.1, 0.15) is 0 Å². The molecule has 0 aromatic carbocycles. The fourth-order valence-electron chi connectivity index (χ4n) is 0.884. The van der Waals surface area contributed by atoms with Gasteiger partial charge in [-0.1, -0.05) is 27.2 Å². The van der Waals surface area contributed by atoms with Crippen LogP contribution in [0.5, 0.6) is 0 Å². The number of rotatable bonds is 7. The van der Waals surface area contributed by atoms with E-state index in [0.717, 1.165) is 25.7 Å². The fraction of sp³-hybridized carbons (Fsp3) is 1.00. The van der Waals surface area contributed by atoms with Gasteiger partial charge in [-0.05, 0) is 26.2 Å². The Morgan fingerprint density at radius 3 is 2.08 bits per heavy atom. The van der Waals surface area contributed by atoms with E-state index in [0.29, 0.717) is 0 Å². The summed E-state index contributed by atoms with van der Waals surface area (Å²) in [6, 6.07) is 0. The van der Waals surface area contributed by atoms with Crippen LogP contribution in [0, 0.1) is 0 Å². The van der Waals surface area contributed by atoms with Crippen molar-refractivity contribution in [3.8, 4) is 0 Å². The average Bonchev–Trinajstić information content (AvgIpc) is 2.11. The van der Waals surface area contributed by atoms with Crippen molar-refractivity contribution in [1.82, 2.24) is 0 Å². The SMILES string of the molecule is CCCC(CC)OOC(C)CC. The van der Waals surface area contributed by atoms with E-state index in [1.165, 1.54) is 0 Å². The van der Waals surface area contributed by atoms with E-state index in [9.17, 15) is 0 Å². The van der Waals surface area contributed by atoms with Crippen molar-refractivity contribution >= 4 is 0 Å². The number of hydrogen-bond donors (Lipinski definition) is 0. The zero-order valence-corrected chi connectivity index (χ0v) is 8.80. The van der Waals surface area contributed by atoms with Crippen LogP contribution in [-0.4, -0.2) is 12.2 Å². The van der Waals surface area contributed by atoms with E-state index < -0.39 is 0 Å². The monoisotopic (exact) mass is 174 g/mol. The summed E-state index contributed by atoms with van der Waals surface area (Å²) < 4.78 is 0. The zero-order valence-electron chi connectivity index (χ0n) is 8.80. The minimum absolute atomic E-state index is 0.218. The molecular formula is C10H22O2. The Bertz CT molecular complexity index is 93.8. The molecule has 2 atom stereocenters. The Balaban J connectivity index is 3.43. The third-order valence-corrected chi connectivity index (χ3v) is 2.00. The summed E-state index contributed by atoms with van der Waals surface area (Å²) in [6.07, 6.45) is 4.78. The molecule has 0 bridgehead atoms. The molecule has 0 saturated carbocycles. The molecule has 0 rings (SSSR count). The molecule has 0 fully saturated rings. The molecule has 2 heteroatoms. The van der Waals surface area contributed by atoms with Crippen LogP contribution in [-0.2, 0) is 9.78 Å². The van der Waals surface area contributed by atoms with Crippen molar-refractivity contribution in [1.29, 1.82) is 0 Å². The molecule has 2 unspecified atom stereocenters. The fourth-order valence-corrected chi connectivity index (χ4v) is 0.884. The van der Waals surface area contributed by atoms with Crippen molar-refractivity contribution in [3.05, 3.63) is 0 Å². The predicted octanol–water partition coefficient (Wildman–Crippen LogP) is 3.31. The second kappa shape index (κ2) is 7.56. The second-order valence-corrected chi connectivity index (χ2v) is 3.23. The number of hydrogen-bond acceptors (Lipinski definition) is 2. The molecule has 0 aromatic rings. The van der Waals surface area contributed by atoms with E-state index >= 15 is 0 Å². The van der Waals surface area contributed by atoms with Crippen LogP contribution in [0.2, 0.25) is 0 Å². The van der Waals surface area contributed by atoms with Crippen molar-refractivity contribution < 1.29 is 9.78 Å². The van der Waals surface area contributed by atoms with Crippen LogP contribution in [0.4, 0.5) is 0 Å². The molecule has 0 aliphatic heterocycles. The quantitative estimate of drug-likeness (QED) is 0.435. The van der Waals surface area contributed by atoms with Crippen LogP contribution in [0.15, 0.2) is 0 Å². The molecule has 0 spiro atoms. The lowest BCUT2D eigenvalue weighted by Crippen LogP contribution is -2.16. The topological polar surface area (TPSA) is 18.5 Å². The lowest BCUT2D eigenvalue weighted by Gasteiger charge is -2.16. The van der Waals surface area contributed by atoms with Gasteiger partial charge in [-0.25, -0.2) is 9.78 Å². The van der Waals surface area contributed by atoms with Crippen LogP contribution in [0.25, 0.3) is 0 Å². The normalized spacial score (nSPS) is 16.0. The van der Waals surface area contributed by atoms with Gasteiger partial charge in [-0.15, -0.1) is 0 Å². The first-order valence-electron chi connectivity index (χ1n) is 5.06.